The van der Waals surface area contributed by atoms with Gasteiger partial charge < -0.3 is 44.2 Å². The predicted molar refractivity (Wildman–Crippen MR) is 192 cm³/mol. The van der Waals surface area contributed by atoms with Crippen LogP contribution in [0.2, 0.25) is 0 Å². The second-order valence-electron chi connectivity index (χ2n) is 15.3. The molecule has 3 N–H and O–H groups in total. The quantitative estimate of drug-likeness (QED) is 0.0863. The van der Waals surface area contributed by atoms with Crippen LogP contribution in [-0.4, -0.2) is 121 Å². The summed E-state index contributed by atoms with van der Waals surface area (Å²) in [5, 5.41) is 14.6. The van der Waals surface area contributed by atoms with E-state index in [1.54, 1.807) is 0 Å². The molecule has 0 aliphatic heterocycles. The van der Waals surface area contributed by atoms with Crippen LogP contribution in [-0.2, 0) is 42.8 Å². The summed E-state index contributed by atoms with van der Waals surface area (Å²) in [5.74, 6) is -0.459. The van der Waals surface area contributed by atoms with Crippen molar-refractivity contribution in [3.8, 4) is 0 Å². The first-order valence-electron chi connectivity index (χ1n) is 18.3. The third kappa shape index (κ3) is 32.0. The third-order valence-electron chi connectivity index (χ3n) is 7.55. The molecule has 0 rings (SSSR count). The van der Waals surface area contributed by atoms with Crippen molar-refractivity contribution in [3.63, 3.8) is 0 Å². The van der Waals surface area contributed by atoms with E-state index in [-0.39, 0.29) is 61.1 Å². The van der Waals surface area contributed by atoms with Crippen LogP contribution in [0.4, 0.5) is 0 Å². The lowest BCUT2D eigenvalue weighted by Gasteiger charge is -2.26. The minimum atomic E-state index is -0.678. The van der Waals surface area contributed by atoms with Crippen LogP contribution < -0.4 is 10.6 Å². The van der Waals surface area contributed by atoms with Crippen molar-refractivity contribution in [1.29, 1.82) is 0 Å². The average Bonchev–Trinajstić information content (AvgIpc) is 3.01. The highest BCUT2D eigenvalue weighted by molar-refractivity contribution is 5.92. The average molecular weight is 705 g/mol. The molecule has 0 fully saturated rings. The van der Waals surface area contributed by atoms with E-state index in [2.05, 4.69) is 66.0 Å². The summed E-state index contributed by atoms with van der Waals surface area (Å²) in [7, 11) is 0. The van der Waals surface area contributed by atoms with E-state index in [0.29, 0.717) is 84.8 Å². The first-order chi connectivity index (χ1) is 23.1. The first-order valence-corrected chi connectivity index (χ1v) is 18.3. The van der Waals surface area contributed by atoms with Crippen molar-refractivity contribution in [3.05, 3.63) is 0 Å². The van der Waals surface area contributed by atoms with Gasteiger partial charge in [-0.15, -0.1) is 0 Å². The van der Waals surface area contributed by atoms with Crippen molar-refractivity contribution in [2.75, 3.05) is 92.4 Å². The molecule has 0 aliphatic rings. The number of Topliss-reactive ketones (excluding diaryl/α,β-unsaturated/α-hetero) is 1. The summed E-state index contributed by atoms with van der Waals surface area (Å²) in [6.07, 6.45) is 3.79. The van der Waals surface area contributed by atoms with Crippen molar-refractivity contribution >= 4 is 17.6 Å². The molecule has 12 nitrogen and oxygen atoms in total. The smallest absolute Gasteiger partial charge is 0.223 e. The summed E-state index contributed by atoms with van der Waals surface area (Å²) in [4.78, 5) is 39.7. The fourth-order valence-electron chi connectivity index (χ4n) is 4.50. The number of amides is 2. The second kappa shape index (κ2) is 29.0. The zero-order chi connectivity index (χ0) is 37.0. The molecule has 49 heavy (non-hydrogen) atoms. The fraction of sp³-hybridized carbons (Fsp3) is 0.919. The van der Waals surface area contributed by atoms with Gasteiger partial charge in [-0.3, -0.25) is 14.4 Å². The van der Waals surface area contributed by atoms with Gasteiger partial charge in [0, 0.05) is 31.9 Å². The maximum absolute atomic E-state index is 13.6. The number of nitrogens with one attached hydrogen (secondary N) is 2. The molecule has 0 bridgehead atoms. The monoisotopic (exact) mass is 705 g/mol. The van der Waals surface area contributed by atoms with Crippen molar-refractivity contribution in [1.82, 2.24) is 10.6 Å². The Labute approximate surface area is 297 Å². The number of carbonyl (C=O) groups excluding carboxylic acids is 3. The fourth-order valence-corrected chi connectivity index (χ4v) is 4.50. The van der Waals surface area contributed by atoms with E-state index in [9.17, 15) is 14.4 Å². The number of aliphatic hydroxyl groups is 1. The van der Waals surface area contributed by atoms with Crippen LogP contribution in [0.3, 0.4) is 0 Å². The van der Waals surface area contributed by atoms with Crippen molar-refractivity contribution < 1.29 is 47.9 Å². The van der Waals surface area contributed by atoms with Crippen molar-refractivity contribution in [2.24, 2.45) is 22.7 Å². The molecular weight excluding hydrogens is 632 g/mol. The van der Waals surface area contributed by atoms with Crippen LogP contribution in [0, 0.1) is 22.7 Å². The molecule has 2 atom stereocenters. The molecule has 2 amide bonds. The number of rotatable bonds is 32. The normalized spacial score (nSPS) is 13.4. The zero-order valence-electron chi connectivity index (χ0n) is 32.2. The number of ether oxygens (including phenoxy) is 6. The number of aliphatic hydroxyl groups excluding tert-OH is 1. The highest BCUT2D eigenvalue weighted by Gasteiger charge is 2.29. The lowest BCUT2D eigenvalue weighted by molar-refractivity contribution is -0.132. The molecule has 12 heteroatoms. The highest BCUT2D eigenvalue weighted by Crippen LogP contribution is 2.27. The minimum Gasteiger partial charge on any atom is -0.394 e. The van der Waals surface area contributed by atoms with Crippen LogP contribution in [0.15, 0.2) is 0 Å². The third-order valence-corrected chi connectivity index (χ3v) is 7.55. The van der Waals surface area contributed by atoms with E-state index in [1.165, 1.54) is 0 Å². The van der Waals surface area contributed by atoms with Crippen LogP contribution in [0.1, 0.15) is 100 Å². The molecule has 0 aliphatic carbocycles. The summed E-state index contributed by atoms with van der Waals surface area (Å²) in [6.45, 7) is 22.3. The molecule has 0 saturated carbocycles. The molecule has 0 aromatic carbocycles. The molecule has 0 aromatic heterocycles. The largest absolute Gasteiger partial charge is 0.394 e. The van der Waals surface area contributed by atoms with Gasteiger partial charge in [0.2, 0.25) is 11.8 Å². The Morgan fingerprint density at radius 2 is 1.08 bits per heavy atom. The lowest BCUT2D eigenvalue weighted by atomic mass is 9.83. The zero-order valence-corrected chi connectivity index (χ0v) is 32.2. The second-order valence-corrected chi connectivity index (χ2v) is 15.3. The van der Waals surface area contributed by atoms with Crippen LogP contribution in [0.25, 0.3) is 0 Å². The summed E-state index contributed by atoms with van der Waals surface area (Å²) < 4.78 is 32.8. The molecule has 0 heterocycles. The minimum absolute atomic E-state index is 0.0000103. The number of ketones is 1. The lowest BCUT2D eigenvalue weighted by Crippen LogP contribution is -2.44. The molecule has 0 saturated heterocycles. The van der Waals surface area contributed by atoms with Gasteiger partial charge in [0.05, 0.1) is 85.3 Å². The van der Waals surface area contributed by atoms with E-state index in [0.717, 1.165) is 25.9 Å². The Morgan fingerprint density at radius 1 is 0.612 bits per heavy atom. The summed E-state index contributed by atoms with van der Waals surface area (Å²) in [6, 6.07) is -0.678. The standard InChI is InChI=1S/C37H72N2O10/c1-30(2)11-17-44-21-25-48-27-28-49-26-22-45-18-12-34(42)39-32(10-14-37(6,7)8)33(41)29-31(9-13-36(3,4)5)35(43)38-15-19-46-23-24-47-20-16-40/h30-32,40H,9-29H2,1-8H3,(H,38,43)(H,39,42). The summed E-state index contributed by atoms with van der Waals surface area (Å²) >= 11 is 0. The summed E-state index contributed by atoms with van der Waals surface area (Å²) in [5.41, 5.74) is -0.0230. The number of hydrogen-bond donors (Lipinski definition) is 3. The molecule has 2 unspecified atom stereocenters. The van der Waals surface area contributed by atoms with Gasteiger partial charge in [0.1, 0.15) is 0 Å². The molecular formula is C37H72N2O10. The SMILES string of the molecule is CC(C)CCOCCOCCOCCOCCC(=O)NC(CCC(C)(C)C)C(=O)CC(CCC(C)(C)C)C(=O)NCCOCCOCCO. The van der Waals surface area contributed by atoms with Crippen molar-refractivity contribution in [2.45, 2.75) is 106 Å². The first kappa shape index (κ1) is 47.3. The maximum atomic E-state index is 13.6. The van der Waals surface area contributed by atoms with Gasteiger partial charge >= 0.3 is 0 Å². The molecule has 290 valence electrons. The van der Waals surface area contributed by atoms with Gasteiger partial charge in [0.25, 0.3) is 0 Å². The Kier molecular flexibility index (Phi) is 28.0. The van der Waals surface area contributed by atoms with Gasteiger partial charge in [-0.25, -0.2) is 0 Å². The maximum Gasteiger partial charge on any atom is 0.223 e. The van der Waals surface area contributed by atoms with Crippen LogP contribution in [0.5, 0.6) is 0 Å². The van der Waals surface area contributed by atoms with Gasteiger partial charge in [-0.1, -0.05) is 55.4 Å². The van der Waals surface area contributed by atoms with Crippen LogP contribution >= 0.6 is 0 Å². The molecule has 0 aromatic rings. The Morgan fingerprint density at radius 3 is 1.59 bits per heavy atom. The van der Waals surface area contributed by atoms with Gasteiger partial charge in [-0.05, 0) is 48.9 Å². The Hall–Kier alpha value is -1.67. The topological polar surface area (TPSA) is 151 Å². The molecule has 0 radical (unpaired) electrons. The van der Waals surface area contributed by atoms with E-state index in [1.807, 2.05) is 0 Å². The number of hydrogen-bond acceptors (Lipinski definition) is 10. The highest BCUT2D eigenvalue weighted by atomic mass is 16.6. The number of carbonyl (C=O) groups is 3. The Bertz CT molecular complexity index is 842. The van der Waals surface area contributed by atoms with E-state index < -0.39 is 12.0 Å². The van der Waals surface area contributed by atoms with E-state index in [4.69, 9.17) is 33.5 Å². The van der Waals surface area contributed by atoms with Gasteiger partial charge in [0.15, 0.2) is 5.78 Å². The Balaban J connectivity index is 4.73. The van der Waals surface area contributed by atoms with Gasteiger partial charge in [-0.2, -0.15) is 0 Å². The molecule has 0 spiro atoms. The van der Waals surface area contributed by atoms with E-state index >= 15 is 0 Å². The predicted octanol–water partition coefficient (Wildman–Crippen LogP) is 4.34.